The van der Waals surface area contributed by atoms with Crippen LogP contribution in [0.1, 0.15) is 45.1 Å². The van der Waals surface area contributed by atoms with Gasteiger partial charge in [0.2, 0.25) is 5.91 Å². The van der Waals surface area contributed by atoms with Crippen molar-refractivity contribution in [1.82, 2.24) is 4.90 Å². The highest BCUT2D eigenvalue weighted by molar-refractivity contribution is 7.92. The third-order valence-electron chi connectivity index (χ3n) is 6.14. The zero-order chi connectivity index (χ0) is 22.2. The maximum Gasteiger partial charge on any atom is 0.238 e. The average Bonchev–Trinajstić information content (AvgIpc) is 2.88. The summed E-state index contributed by atoms with van der Waals surface area (Å²) in [6.07, 6.45) is 2.83. The second kappa shape index (κ2) is 8.86. The van der Waals surface area contributed by atoms with Gasteiger partial charge in [0.15, 0.2) is 21.5 Å². The van der Waals surface area contributed by atoms with E-state index in [4.69, 9.17) is 5.73 Å². The van der Waals surface area contributed by atoms with E-state index in [0.717, 1.165) is 18.9 Å². The van der Waals surface area contributed by atoms with Crippen molar-refractivity contribution in [3.05, 3.63) is 35.1 Å². The van der Waals surface area contributed by atoms with Gasteiger partial charge in [-0.2, -0.15) is 0 Å². The number of rotatable bonds is 7. The highest BCUT2D eigenvalue weighted by atomic mass is 32.2. The number of sulfone groups is 1. The van der Waals surface area contributed by atoms with Crippen molar-refractivity contribution in [2.45, 2.75) is 64.1 Å². The van der Waals surface area contributed by atoms with Gasteiger partial charge in [0.25, 0.3) is 0 Å². The van der Waals surface area contributed by atoms with Crippen molar-refractivity contribution in [3.63, 3.8) is 0 Å². The number of nitrogens with two attached hydrogens (primary N) is 1. The summed E-state index contributed by atoms with van der Waals surface area (Å²) in [4.78, 5) is 14.4. The molecule has 0 aromatic heterocycles. The predicted octanol–water partition coefficient (Wildman–Crippen LogP) is 2.81. The van der Waals surface area contributed by atoms with Gasteiger partial charge in [-0.3, -0.25) is 4.79 Å². The Hall–Kier alpha value is -1.61. The first-order valence-electron chi connectivity index (χ1n) is 10.4. The third-order valence-corrected chi connectivity index (χ3v) is 8.00. The van der Waals surface area contributed by atoms with Crippen molar-refractivity contribution < 1.29 is 26.4 Å². The largest absolute Gasteiger partial charge is 0.336 e. The van der Waals surface area contributed by atoms with E-state index in [1.165, 1.54) is 0 Å². The minimum absolute atomic E-state index is 0.00802. The normalized spacial score (nSPS) is 25.0. The van der Waals surface area contributed by atoms with Crippen LogP contribution in [-0.2, 0) is 21.1 Å². The van der Waals surface area contributed by atoms with Gasteiger partial charge in [0, 0.05) is 24.2 Å². The Bertz CT molecular complexity index is 893. The molecule has 2 aliphatic heterocycles. The van der Waals surface area contributed by atoms with Crippen LogP contribution in [0.4, 0.5) is 13.2 Å². The first kappa shape index (κ1) is 23.1. The molecule has 2 fully saturated rings. The SMILES string of the molecule is CC(C)CS(=O)(=O)CC(=O)N1C2CCC1CC(C(N)Cc1cc(F)c(F)cc1F)C2. The van der Waals surface area contributed by atoms with Gasteiger partial charge in [-0.15, -0.1) is 0 Å². The second-order valence-electron chi connectivity index (χ2n) is 9.09. The number of carbonyl (C=O) groups excluding carboxylic acids is 1. The van der Waals surface area contributed by atoms with E-state index in [1.807, 2.05) is 0 Å². The lowest BCUT2D eigenvalue weighted by Crippen LogP contribution is -2.51. The van der Waals surface area contributed by atoms with E-state index in [0.29, 0.717) is 18.9 Å². The number of fused-ring (bicyclic) bond motifs is 2. The van der Waals surface area contributed by atoms with E-state index in [9.17, 15) is 26.4 Å². The molecule has 1 aromatic carbocycles. The quantitative estimate of drug-likeness (QED) is 0.653. The third kappa shape index (κ3) is 5.17. The Morgan fingerprint density at radius 1 is 1.10 bits per heavy atom. The van der Waals surface area contributed by atoms with Crippen LogP contribution in [0.3, 0.4) is 0 Å². The summed E-state index contributed by atoms with van der Waals surface area (Å²) in [5, 5.41) is 0. The summed E-state index contributed by atoms with van der Waals surface area (Å²) in [5.74, 6) is -4.07. The lowest BCUT2D eigenvalue weighted by atomic mass is 9.82. The van der Waals surface area contributed by atoms with E-state index >= 15 is 0 Å². The Balaban J connectivity index is 1.64. The number of hydrogen-bond donors (Lipinski definition) is 1. The zero-order valence-corrected chi connectivity index (χ0v) is 18.1. The van der Waals surface area contributed by atoms with E-state index in [2.05, 4.69) is 0 Å². The fraction of sp³-hybridized carbons (Fsp3) is 0.667. The van der Waals surface area contributed by atoms with Crippen LogP contribution in [0.2, 0.25) is 0 Å². The van der Waals surface area contributed by atoms with Crippen molar-refractivity contribution >= 4 is 15.7 Å². The smallest absolute Gasteiger partial charge is 0.238 e. The number of hydrogen-bond acceptors (Lipinski definition) is 4. The summed E-state index contributed by atoms with van der Waals surface area (Å²) in [6.45, 7) is 3.60. The maximum atomic E-state index is 14.0. The van der Waals surface area contributed by atoms with Gasteiger partial charge >= 0.3 is 0 Å². The molecular formula is C21H29F3N2O3S. The van der Waals surface area contributed by atoms with Crippen molar-refractivity contribution in [2.24, 2.45) is 17.6 Å². The molecule has 168 valence electrons. The van der Waals surface area contributed by atoms with Crippen molar-refractivity contribution in [2.75, 3.05) is 11.5 Å². The molecule has 30 heavy (non-hydrogen) atoms. The van der Waals surface area contributed by atoms with Crippen LogP contribution >= 0.6 is 0 Å². The molecule has 2 saturated heterocycles. The molecule has 0 saturated carbocycles. The van der Waals surface area contributed by atoms with Crippen molar-refractivity contribution in [1.29, 1.82) is 0 Å². The molecule has 0 radical (unpaired) electrons. The van der Waals surface area contributed by atoms with Gasteiger partial charge in [0.05, 0.1) is 5.75 Å². The minimum atomic E-state index is -3.46. The topological polar surface area (TPSA) is 80.5 Å². The molecule has 5 nitrogen and oxygen atoms in total. The van der Waals surface area contributed by atoms with Gasteiger partial charge in [-0.1, -0.05) is 13.8 Å². The molecule has 1 aromatic rings. The molecule has 0 spiro atoms. The fourth-order valence-electron chi connectivity index (χ4n) is 4.95. The molecule has 2 N–H and O–H groups in total. The summed E-state index contributed by atoms with van der Waals surface area (Å²) in [5.41, 5.74) is 6.32. The van der Waals surface area contributed by atoms with Crippen LogP contribution in [0.5, 0.6) is 0 Å². The van der Waals surface area contributed by atoms with Crippen LogP contribution in [0.15, 0.2) is 12.1 Å². The molecule has 3 atom stereocenters. The molecule has 9 heteroatoms. The average molecular weight is 447 g/mol. The lowest BCUT2D eigenvalue weighted by Gasteiger charge is -2.41. The Morgan fingerprint density at radius 2 is 1.67 bits per heavy atom. The number of amides is 1. The van der Waals surface area contributed by atoms with Gasteiger partial charge in [0.1, 0.15) is 11.6 Å². The lowest BCUT2D eigenvalue weighted by molar-refractivity contribution is -0.133. The van der Waals surface area contributed by atoms with Crippen molar-refractivity contribution in [3.8, 4) is 0 Å². The van der Waals surface area contributed by atoms with E-state index < -0.39 is 39.1 Å². The van der Waals surface area contributed by atoms with Crippen LogP contribution in [0.25, 0.3) is 0 Å². The van der Waals surface area contributed by atoms with Gasteiger partial charge in [-0.05, 0) is 55.6 Å². The Morgan fingerprint density at radius 3 is 2.23 bits per heavy atom. The first-order chi connectivity index (χ1) is 14.0. The van der Waals surface area contributed by atoms with Crippen LogP contribution in [0, 0.1) is 29.3 Å². The van der Waals surface area contributed by atoms with Gasteiger partial charge < -0.3 is 10.6 Å². The number of halogens is 3. The highest BCUT2D eigenvalue weighted by Gasteiger charge is 2.45. The molecule has 2 heterocycles. The number of benzene rings is 1. The van der Waals surface area contributed by atoms with E-state index in [1.54, 1.807) is 18.7 Å². The highest BCUT2D eigenvalue weighted by Crippen LogP contribution is 2.40. The summed E-state index contributed by atoms with van der Waals surface area (Å²) in [7, 11) is -3.46. The Labute approximate surface area is 175 Å². The fourth-order valence-corrected chi connectivity index (χ4v) is 6.61. The summed E-state index contributed by atoms with van der Waals surface area (Å²) in [6, 6.07) is 0.735. The second-order valence-corrected chi connectivity index (χ2v) is 11.2. The molecule has 3 unspecified atom stereocenters. The molecular weight excluding hydrogens is 417 g/mol. The Kier molecular flexibility index (Phi) is 6.81. The maximum absolute atomic E-state index is 14.0. The first-order valence-corrected chi connectivity index (χ1v) is 12.2. The molecule has 3 rings (SSSR count). The number of nitrogens with zero attached hydrogens (tertiary/aromatic N) is 1. The number of carbonyl (C=O) groups is 1. The monoisotopic (exact) mass is 446 g/mol. The molecule has 2 aliphatic rings. The molecule has 1 amide bonds. The number of piperidine rings is 1. The summed E-state index contributed by atoms with van der Waals surface area (Å²) >= 11 is 0. The minimum Gasteiger partial charge on any atom is -0.336 e. The van der Waals surface area contributed by atoms with Crippen LogP contribution < -0.4 is 5.73 Å². The standard InChI is InChI=1S/C21H29F3N2O3S/c1-12(2)10-30(28,29)11-21(27)26-15-3-4-16(26)6-14(5-15)20(25)8-13-7-18(23)19(24)9-17(13)22/h7,9,12,14-16,20H,3-6,8,10-11,25H2,1-2H3. The van der Waals surface area contributed by atoms with Gasteiger partial charge in [-0.25, -0.2) is 21.6 Å². The van der Waals surface area contributed by atoms with Crippen LogP contribution in [-0.4, -0.2) is 48.9 Å². The summed E-state index contributed by atoms with van der Waals surface area (Å²) < 4.78 is 65.0. The predicted molar refractivity (Wildman–Crippen MR) is 108 cm³/mol. The molecule has 2 bridgehead atoms. The molecule has 0 aliphatic carbocycles. The zero-order valence-electron chi connectivity index (χ0n) is 17.3. The van der Waals surface area contributed by atoms with E-state index in [-0.39, 0.29) is 47.6 Å².